The van der Waals surface area contributed by atoms with Crippen molar-refractivity contribution < 1.29 is 17.6 Å². The number of nitrogens with zero attached hydrogens (tertiary/aromatic N) is 3. The van der Waals surface area contributed by atoms with Gasteiger partial charge in [0.25, 0.3) is 0 Å². The third-order valence-electron chi connectivity index (χ3n) is 3.86. The minimum atomic E-state index is -4.42. The SMILES string of the molecule is FC(F)(F)c1cccc(/C=N/c2c(-c3ccco3)nc3ccc(Cl)cn23)c1. The molecule has 4 rings (SSSR count). The van der Waals surface area contributed by atoms with E-state index in [4.69, 9.17) is 16.0 Å². The highest BCUT2D eigenvalue weighted by Gasteiger charge is 2.30. The summed E-state index contributed by atoms with van der Waals surface area (Å²) in [6.45, 7) is 0. The number of furan rings is 1. The van der Waals surface area contributed by atoms with Crippen LogP contribution in [0.1, 0.15) is 11.1 Å². The average Bonchev–Trinajstić information content (AvgIpc) is 3.27. The van der Waals surface area contributed by atoms with Gasteiger partial charge >= 0.3 is 6.18 Å². The molecule has 1 aromatic carbocycles. The molecule has 4 nitrogen and oxygen atoms in total. The van der Waals surface area contributed by atoms with Gasteiger partial charge in [0.2, 0.25) is 0 Å². The lowest BCUT2D eigenvalue weighted by Crippen LogP contribution is -2.04. The highest BCUT2D eigenvalue weighted by Crippen LogP contribution is 2.33. The Balaban J connectivity index is 1.83. The molecule has 0 radical (unpaired) electrons. The largest absolute Gasteiger partial charge is 0.463 e. The van der Waals surface area contributed by atoms with Gasteiger partial charge < -0.3 is 4.42 Å². The second-order valence-corrected chi connectivity index (χ2v) is 6.15. The monoisotopic (exact) mass is 389 g/mol. The molecule has 0 bridgehead atoms. The Kier molecular flexibility index (Phi) is 4.24. The Morgan fingerprint density at radius 1 is 1.11 bits per heavy atom. The van der Waals surface area contributed by atoms with E-state index >= 15 is 0 Å². The molecule has 0 unspecified atom stereocenters. The lowest BCUT2D eigenvalue weighted by Gasteiger charge is -2.06. The summed E-state index contributed by atoms with van der Waals surface area (Å²) in [6.07, 6.45) is 0.0772. The number of hydrogen-bond acceptors (Lipinski definition) is 3. The summed E-state index contributed by atoms with van der Waals surface area (Å²) in [5, 5.41) is 0.474. The molecule has 0 atom stereocenters. The van der Waals surface area contributed by atoms with Crippen molar-refractivity contribution in [1.82, 2.24) is 9.38 Å². The van der Waals surface area contributed by atoms with Crippen molar-refractivity contribution in [3.63, 3.8) is 0 Å². The number of pyridine rings is 1. The van der Waals surface area contributed by atoms with Crippen LogP contribution in [0.3, 0.4) is 0 Å². The van der Waals surface area contributed by atoms with Gasteiger partial charge in [-0.25, -0.2) is 9.98 Å². The summed E-state index contributed by atoms with van der Waals surface area (Å²) in [4.78, 5) is 8.86. The number of alkyl halides is 3. The first-order valence-electron chi connectivity index (χ1n) is 7.84. The number of benzene rings is 1. The highest BCUT2D eigenvalue weighted by atomic mass is 35.5. The smallest absolute Gasteiger partial charge is 0.416 e. The van der Waals surface area contributed by atoms with Crippen LogP contribution < -0.4 is 0 Å². The molecule has 27 heavy (non-hydrogen) atoms. The molecule has 3 heterocycles. The first kappa shape index (κ1) is 17.4. The van der Waals surface area contributed by atoms with E-state index in [1.807, 2.05) is 0 Å². The van der Waals surface area contributed by atoms with Crippen molar-refractivity contribution >= 4 is 29.3 Å². The quantitative estimate of drug-likeness (QED) is 0.402. The van der Waals surface area contributed by atoms with Crippen LogP contribution in [-0.4, -0.2) is 15.6 Å². The minimum absolute atomic E-state index is 0.312. The Morgan fingerprint density at radius 2 is 1.96 bits per heavy atom. The second-order valence-electron chi connectivity index (χ2n) is 5.72. The second kappa shape index (κ2) is 6.59. The molecular formula is C19H11ClF3N3O. The van der Waals surface area contributed by atoms with Gasteiger partial charge in [0.15, 0.2) is 17.3 Å². The number of rotatable bonds is 3. The Bertz CT molecular complexity index is 1130. The first-order chi connectivity index (χ1) is 12.9. The molecule has 136 valence electrons. The fraction of sp³-hybridized carbons (Fsp3) is 0.0526. The van der Waals surface area contributed by atoms with Gasteiger partial charge in [-0.15, -0.1) is 0 Å². The molecule has 4 aromatic rings. The summed E-state index contributed by atoms with van der Waals surface area (Å²) in [5.74, 6) is 0.894. The molecular weight excluding hydrogens is 379 g/mol. The van der Waals surface area contributed by atoms with Gasteiger partial charge in [-0.2, -0.15) is 13.2 Å². The molecule has 0 N–H and O–H groups in total. The number of hydrogen-bond donors (Lipinski definition) is 0. The number of fused-ring (bicyclic) bond motifs is 1. The van der Waals surface area contributed by atoms with Crippen molar-refractivity contribution in [3.8, 4) is 11.5 Å². The van der Waals surface area contributed by atoms with Gasteiger partial charge in [0, 0.05) is 12.4 Å². The summed E-state index contributed by atoms with van der Waals surface area (Å²) >= 11 is 6.06. The Morgan fingerprint density at radius 3 is 2.70 bits per heavy atom. The van der Waals surface area contributed by atoms with E-state index in [-0.39, 0.29) is 0 Å². The van der Waals surface area contributed by atoms with Gasteiger partial charge in [-0.05, 0) is 42.0 Å². The van der Waals surface area contributed by atoms with Crippen LogP contribution >= 0.6 is 11.6 Å². The van der Waals surface area contributed by atoms with Gasteiger partial charge in [0.05, 0.1) is 16.8 Å². The third kappa shape index (κ3) is 3.46. The van der Waals surface area contributed by atoms with E-state index < -0.39 is 11.7 Å². The van der Waals surface area contributed by atoms with E-state index in [0.29, 0.717) is 33.5 Å². The van der Waals surface area contributed by atoms with Crippen LogP contribution in [-0.2, 0) is 6.18 Å². The molecule has 0 amide bonds. The zero-order valence-electron chi connectivity index (χ0n) is 13.6. The maximum Gasteiger partial charge on any atom is 0.416 e. The normalized spacial score (nSPS) is 12.3. The molecule has 0 fully saturated rings. The van der Waals surface area contributed by atoms with E-state index in [0.717, 1.165) is 12.1 Å². The number of aromatic nitrogens is 2. The van der Waals surface area contributed by atoms with Crippen LogP contribution in [0.5, 0.6) is 0 Å². The summed E-state index contributed by atoms with van der Waals surface area (Å²) < 4.78 is 45.8. The van der Waals surface area contributed by atoms with E-state index in [9.17, 15) is 13.2 Å². The predicted octanol–water partition coefficient (Wildman–Crippen LogP) is 6.02. The van der Waals surface area contributed by atoms with Gasteiger partial charge in [-0.1, -0.05) is 23.7 Å². The van der Waals surface area contributed by atoms with Crippen molar-refractivity contribution in [3.05, 3.63) is 77.1 Å². The molecule has 0 saturated carbocycles. The number of imidazole rings is 1. The van der Waals surface area contributed by atoms with E-state index in [1.165, 1.54) is 18.5 Å². The summed E-state index contributed by atoms with van der Waals surface area (Å²) in [6, 6.07) is 11.8. The first-order valence-corrected chi connectivity index (χ1v) is 8.22. The fourth-order valence-corrected chi connectivity index (χ4v) is 2.80. The molecule has 0 saturated heterocycles. The molecule has 0 aliphatic heterocycles. The minimum Gasteiger partial charge on any atom is -0.463 e. The summed E-state index contributed by atoms with van der Waals surface area (Å²) in [7, 11) is 0. The van der Waals surface area contributed by atoms with Crippen molar-refractivity contribution in [1.29, 1.82) is 0 Å². The van der Waals surface area contributed by atoms with Crippen LogP contribution in [0.4, 0.5) is 19.0 Å². The highest BCUT2D eigenvalue weighted by molar-refractivity contribution is 6.30. The number of aliphatic imine (C=N–C) groups is 1. The van der Waals surface area contributed by atoms with Gasteiger partial charge in [-0.3, -0.25) is 4.40 Å². The van der Waals surface area contributed by atoms with Crippen molar-refractivity contribution in [2.45, 2.75) is 6.18 Å². The Labute approximate surface area is 156 Å². The molecule has 8 heteroatoms. The van der Waals surface area contributed by atoms with Gasteiger partial charge in [0.1, 0.15) is 5.65 Å². The van der Waals surface area contributed by atoms with Crippen LogP contribution in [0.15, 0.2) is 70.4 Å². The van der Waals surface area contributed by atoms with Crippen LogP contribution in [0.25, 0.3) is 17.1 Å². The maximum atomic E-state index is 12.9. The van der Waals surface area contributed by atoms with Crippen LogP contribution in [0, 0.1) is 0 Å². The lowest BCUT2D eigenvalue weighted by molar-refractivity contribution is -0.137. The number of halogens is 4. The standard InChI is InChI=1S/C19H11ClF3N3O/c20-14-6-7-16-25-17(15-5-2-8-27-15)18(26(16)11-14)24-10-12-3-1-4-13(9-12)19(21,22)23/h1-11H/b24-10+. The molecule has 0 aliphatic rings. The third-order valence-corrected chi connectivity index (χ3v) is 4.09. The van der Waals surface area contributed by atoms with Crippen LogP contribution in [0.2, 0.25) is 5.02 Å². The maximum absolute atomic E-state index is 12.9. The van der Waals surface area contributed by atoms with Crippen molar-refractivity contribution in [2.75, 3.05) is 0 Å². The predicted molar refractivity (Wildman–Crippen MR) is 96.6 cm³/mol. The zero-order valence-corrected chi connectivity index (χ0v) is 14.4. The van der Waals surface area contributed by atoms with Crippen molar-refractivity contribution in [2.24, 2.45) is 4.99 Å². The Hall–Kier alpha value is -3.06. The average molecular weight is 390 g/mol. The molecule has 0 aliphatic carbocycles. The van der Waals surface area contributed by atoms with E-state index in [1.54, 1.807) is 40.9 Å². The topological polar surface area (TPSA) is 42.8 Å². The molecule has 0 spiro atoms. The fourth-order valence-electron chi connectivity index (χ4n) is 2.64. The molecule has 3 aromatic heterocycles. The lowest BCUT2D eigenvalue weighted by atomic mass is 10.1. The summed E-state index contributed by atoms with van der Waals surface area (Å²) in [5.41, 5.74) is 0.624. The van der Waals surface area contributed by atoms with E-state index in [2.05, 4.69) is 9.98 Å². The zero-order chi connectivity index (χ0) is 19.0.